The quantitative estimate of drug-likeness (QED) is 0.713. The number of carbonyl (C=O) groups excluding carboxylic acids is 2. The van der Waals surface area contributed by atoms with Gasteiger partial charge in [0.2, 0.25) is 0 Å². The minimum absolute atomic E-state index is 0.515. The molecule has 0 aliphatic rings. The van der Waals surface area contributed by atoms with Crippen molar-refractivity contribution in [1.82, 2.24) is 4.90 Å². The molecule has 0 spiro atoms. The van der Waals surface area contributed by atoms with Crippen LogP contribution in [0.2, 0.25) is 0 Å². The summed E-state index contributed by atoms with van der Waals surface area (Å²) in [6.07, 6.45) is -0.640. The molecule has 102 valence electrons. The molecular formula is C10H22N2O4S. The van der Waals surface area contributed by atoms with Crippen molar-refractivity contribution in [3.63, 3.8) is 0 Å². The maximum atomic E-state index is 10.3. The maximum Gasteiger partial charge on any atom is 0.272 e. The number of nitrogens with zero attached hydrogens (tertiary/aromatic N) is 1. The molecule has 17 heavy (non-hydrogen) atoms. The zero-order valence-corrected chi connectivity index (χ0v) is 11.7. The van der Waals surface area contributed by atoms with Crippen molar-refractivity contribution in [1.29, 1.82) is 0 Å². The van der Waals surface area contributed by atoms with Gasteiger partial charge in [-0.25, -0.2) is 13.6 Å². The molecule has 0 rings (SSSR count). The molecule has 0 heterocycles. The van der Waals surface area contributed by atoms with Gasteiger partial charge in [0.05, 0.1) is 6.42 Å². The Kier molecular flexibility index (Phi) is 10.1. The Balaban J connectivity index is 0. The van der Waals surface area contributed by atoms with Crippen LogP contribution in [0.3, 0.4) is 0 Å². The summed E-state index contributed by atoms with van der Waals surface area (Å²) >= 11 is 0. The van der Waals surface area contributed by atoms with Crippen LogP contribution in [-0.2, 0) is 19.6 Å². The Morgan fingerprint density at radius 1 is 1.06 bits per heavy atom. The van der Waals surface area contributed by atoms with E-state index >= 15 is 0 Å². The second kappa shape index (κ2) is 9.26. The highest BCUT2D eigenvalue weighted by Gasteiger charge is 2.17. The topological polar surface area (TPSA) is 97.5 Å². The summed E-state index contributed by atoms with van der Waals surface area (Å²) in [6, 6.07) is 0. The summed E-state index contributed by atoms with van der Waals surface area (Å²) in [7, 11) is -4.16. The summed E-state index contributed by atoms with van der Waals surface area (Å²) < 4.78 is 20.3. The van der Waals surface area contributed by atoms with E-state index in [-0.39, 0.29) is 0 Å². The Hall–Kier alpha value is -0.790. The van der Waals surface area contributed by atoms with Crippen molar-refractivity contribution in [3.8, 4) is 0 Å². The van der Waals surface area contributed by atoms with Crippen molar-refractivity contribution in [2.24, 2.45) is 5.14 Å². The summed E-state index contributed by atoms with van der Waals surface area (Å²) in [5.41, 5.74) is 0. The van der Waals surface area contributed by atoms with Crippen LogP contribution in [0, 0.1) is 0 Å². The summed E-state index contributed by atoms with van der Waals surface area (Å²) in [5, 5.41) is 3.16. The monoisotopic (exact) mass is 266 g/mol. The molecule has 0 aliphatic carbocycles. The maximum absolute atomic E-state index is 10.3. The van der Waals surface area contributed by atoms with Gasteiger partial charge >= 0.3 is 0 Å². The van der Waals surface area contributed by atoms with Gasteiger partial charge in [0.25, 0.3) is 15.1 Å². The van der Waals surface area contributed by atoms with Crippen LogP contribution < -0.4 is 5.14 Å². The van der Waals surface area contributed by atoms with Gasteiger partial charge in [0, 0.05) is 0 Å². The molecule has 6 nitrogen and oxygen atoms in total. The predicted molar refractivity (Wildman–Crippen MR) is 66.9 cm³/mol. The first-order valence-electron chi connectivity index (χ1n) is 5.46. The number of rotatable bonds is 5. The van der Waals surface area contributed by atoms with E-state index in [4.69, 9.17) is 0 Å². The highest BCUT2D eigenvalue weighted by atomic mass is 32.2. The number of ketones is 1. The minimum atomic E-state index is -4.16. The Morgan fingerprint density at radius 2 is 1.41 bits per heavy atom. The summed E-state index contributed by atoms with van der Waals surface area (Å²) in [5.74, 6) is -0.515. The second-order valence-electron chi connectivity index (χ2n) is 3.42. The van der Waals surface area contributed by atoms with Crippen LogP contribution in [0.1, 0.15) is 34.1 Å². The molecule has 0 aromatic heterocycles. The van der Waals surface area contributed by atoms with E-state index in [2.05, 4.69) is 30.8 Å². The normalized spacial score (nSPS) is 10.7. The van der Waals surface area contributed by atoms with E-state index in [0.29, 0.717) is 0 Å². The number of primary sulfonamides is 1. The molecule has 0 saturated heterocycles. The first kappa shape index (κ1) is 18.6. The van der Waals surface area contributed by atoms with Crippen LogP contribution in [0.15, 0.2) is 0 Å². The average Bonchev–Trinajstić information content (AvgIpc) is 2.19. The van der Waals surface area contributed by atoms with Gasteiger partial charge < -0.3 is 4.90 Å². The predicted octanol–water partition coefficient (Wildman–Crippen LogP) is 0.129. The molecule has 7 heteroatoms. The highest BCUT2D eigenvalue weighted by Crippen LogP contribution is 1.89. The van der Waals surface area contributed by atoms with Gasteiger partial charge in [-0.3, -0.25) is 9.59 Å². The molecule has 0 aromatic carbocycles. The first-order chi connectivity index (χ1) is 7.68. The minimum Gasteiger partial charge on any atom is -0.304 e. The standard InChI is InChI=1S/C6H15N.C4H7NO4S/c1-4-7(5-2)6-3;1-3(6)2-4(7)10(5,8)9/h4-6H2,1-3H3;2H2,1H3,(H2,5,8,9). The summed E-state index contributed by atoms with van der Waals surface area (Å²) in [6.45, 7) is 11.2. The van der Waals surface area contributed by atoms with Gasteiger partial charge in [-0.05, 0) is 26.6 Å². The van der Waals surface area contributed by atoms with Gasteiger partial charge in [-0.1, -0.05) is 20.8 Å². The first-order valence-corrected chi connectivity index (χ1v) is 7.00. The SMILES string of the molecule is CC(=O)CC(=O)S(N)(=O)=O.CCN(CC)CC. The Bertz CT molecular complexity index is 329. The number of Topliss-reactive ketones (excluding diaryl/α,β-unsaturated/α-hetero) is 1. The van der Waals surface area contributed by atoms with Crippen LogP contribution in [-0.4, -0.2) is 43.9 Å². The second-order valence-corrected chi connectivity index (χ2v) is 4.96. The van der Waals surface area contributed by atoms with E-state index in [1.807, 2.05) is 0 Å². The fourth-order valence-corrected chi connectivity index (χ4v) is 1.38. The van der Waals surface area contributed by atoms with Crippen LogP contribution >= 0.6 is 0 Å². The Morgan fingerprint density at radius 3 is 1.47 bits per heavy atom. The van der Waals surface area contributed by atoms with Gasteiger partial charge in [0.1, 0.15) is 5.78 Å². The average molecular weight is 266 g/mol. The van der Waals surface area contributed by atoms with E-state index in [0.717, 1.165) is 6.92 Å². The third-order valence-corrected chi connectivity index (χ3v) is 2.83. The van der Waals surface area contributed by atoms with Crippen molar-refractivity contribution in [2.45, 2.75) is 34.1 Å². The van der Waals surface area contributed by atoms with Crippen LogP contribution in [0.4, 0.5) is 0 Å². The molecule has 0 aromatic rings. The van der Waals surface area contributed by atoms with Crippen LogP contribution in [0.5, 0.6) is 0 Å². The number of sulfonamides is 1. The number of hydrogen-bond donors (Lipinski definition) is 1. The van der Waals surface area contributed by atoms with Crippen molar-refractivity contribution in [3.05, 3.63) is 0 Å². The van der Waals surface area contributed by atoms with E-state index in [9.17, 15) is 18.0 Å². The van der Waals surface area contributed by atoms with Crippen molar-refractivity contribution < 1.29 is 18.0 Å². The van der Waals surface area contributed by atoms with Gasteiger partial charge in [0.15, 0.2) is 0 Å². The van der Waals surface area contributed by atoms with Crippen molar-refractivity contribution in [2.75, 3.05) is 19.6 Å². The molecule has 0 aliphatic heterocycles. The smallest absolute Gasteiger partial charge is 0.272 e. The third kappa shape index (κ3) is 11.5. The number of nitrogens with two attached hydrogens (primary N) is 1. The van der Waals surface area contributed by atoms with E-state index in [1.165, 1.54) is 19.6 Å². The lowest BCUT2D eigenvalue weighted by Gasteiger charge is -2.13. The summed E-state index contributed by atoms with van der Waals surface area (Å²) in [4.78, 5) is 22.9. The van der Waals surface area contributed by atoms with Gasteiger partial charge in [-0.15, -0.1) is 0 Å². The van der Waals surface area contributed by atoms with Gasteiger partial charge in [-0.2, -0.15) is 0 Å². The molecule has 0 amide bonds. The Labute approximate surface area is 103 Å². The molecule has 0 unspecified atom stereocenters. The lowest BCUT2D eigenvalue weighted by Crippen LogP contribution is -2.24. The lowest BCUT2D eigenvalue weighted by atomic mass is 10.3. The zero-order valence-electron chi connectivity index (χ0n) is 10.9. The number of hydrogen-bond acceptors (Lipinski definition) is 5. The van der Waals surface area contributed by atoms with Crippen LogP contribution in [0.25, 0.3) is 0 Å². The fraction of sp³-hybridized carbons (Fsp3) is 0.800. The molecule has 0 bridgehead atoms. The van der Waals surface area contributed by atoms with E-state index in [1.54, 1.807) is 0 Å². The van der Waals surface area contributed by atoms with E-state index < -0.39 is 27.3 Å². The molecule has 0 fully saturated rings. The number of carbonyl (C=O) groups is 2. The molecular weight excluding hydrogens is 244 g/mol. The zero-order chi connectivity index (χ0) is 14.1. The molecule has 2 N–H and O–H groups in total. The fourth-order valence-electron chi connectivity index (χ4n) is 0.975. The molecule has 0 radical (unpaired) electrons. The highest BCUT2D eigenvalue weighted by molar-refractivity contribution is 8.04. The van der Waals surface area contributed by atoms with Crippen molar-refractivity contribution >= 4 is 20.9 Å². The molecule has 0 saturated carbocycles. The third-order valence-electron chi connectivity index (χ3n) is 2.05. The lowest BCUT2D eigenvalue weighted by molar-refractivity contribution is -0.122. The largest absolute Gasteiger partial charge is 0.304 e. The molecule has 0 atom stereocenters.